The van der Waals surface area contributed by atoms with Crippen molar-refractivity contribution in [2.45, 2.75) is 13.0 Å². The summed E-state index contributed by atoms with van der Waals surface area (Å²) in [5.74, 6) is 0.127. The van der Waals surface area contributed by atoms with Crippen molar-refractivity contribution in [1.82, 2.24) is 4.98 Å². The number of aromatic nitrogens is 1. The van der Waals surface area contributed by atoms with E-state index in [1.807, 2.05) is 0 Å². The number of hydrogen-bond acceptors (Lipinski definition) is 3. The minimum absolute atomic E-state index is 0.0327. The molecule has 3 N–H and O–H groups in total. The summed E-state index contributed by atoms with van der Waals surface area (Å²) >= 11 is 0. The number of nitrogens with one attached hydrogen (secondary N) is 1. The number of nitrogens with two attached hydrogens (primary N) is 1. The van der Waals surface area contributed by atoms with Gasteiger partial charge in [0.25, 0.3) is 6.43 Å². The van der Waals surface area contributed by atoms with Gasteiger partial charge < -0.3 is 15.5 Å². The topological polar surface area (TPSA) is 68.1 Å². The van der Waals surface area contributed by atoms with Gasteiger partial charge in [0, 0.05) is 12.7 Å². The van der Waals surface area contributed by atoms with Gasteiger partial charge in [-0.3, -0.25) is 4.79 Å². The molecule has 0 aliphatic rings. The molecule has 0 fully saturated rings. The second kappa shape index (κ2) is 4.19. The van der Waals surface area contributed by atoms with Crippen LogP contribution < -0.4 is 15.9 Å². The molecule has 0 aliphatic heterocycles. The standard InChI is InChI=1S/C8H10F2N2O2/c1-14-8-4(2-11)6(13)5(3-12-8)7(9)10/h3,7H,2,11H2,1H3,(H,12,13). The minimum Gasteiger partial charge on any atom is -0.482 e. The van der Waals surface area contributed by atoms with E-state index in [9.17, 15) is 13.6 Å². The Bertz CT molecular complexity index is 376. The average Bonchev–Trinajstić information content (AvgIpc) is 2.16. The van der Waals surface area contributed by atoms with Crippen LogP contribution in [0.15, 0.2) is 11.0 Å². The van der Waals surface area contributed by atoms with Crippen LogP contribution in [0.3, 0.4) is 0 Å². The number of rotatable bonds is 3. The lowest BCUT2D eigenvalue weighted by molar-refractivity contribution is 0.149. The smallest absolute Gasteiger partial charge is 0.269 e. The molecule has 0 amide bonds. The summed E-state index contributed by atoms with van der Waals surface area (Å²) in [5, 5.41) is 0. The first-order valence-electron chi connectivity index (χ1n) is 3.88. The van der Waals surface area contributed by atoms with Crippen LogP contribution in [0.1, 0.15) is 17.6 Å². The van der Waals surface area contributed by atoms with Gasteiger partial charge in [0.1, 0.15) is 0 Å². The predicted octanol–water partition coefficient (Wildman–Crippen LogP) is 0.780. The Morgan fingerprint density at radius 1 is 1.64 bits per heavy atom. The Kier molecular flexibility index (Phi) is 3.19. The number of methoxy groups -OCH3 is 1. The number of alkyl halides is 2. The summed E-state index contributed by atoms with van der Waals surface area (Å²) in [6, 6.07) is 0. The van der Waals surface area contributed by atoms with Crippen molar-refractivity contribution < 1.29 is 13.5 Å². The van der Waals surface area contributed by atoms with Gasteiger partial charge in [-0.05, 0) is 0 Å². The summed E-state index contributed by atoms with van der Waals surface area (Å²) in [7, 11) is 1.33. The van der Waals surface area contributed by atoms with E-state index in [2.05, 4.69) is 4.98 Å². The maximum atomic E-state index is 12.3. The molecule has 1 aromatic rings. The van der Waals surface area contributed by atoms with Gasteiger partial charge in [0.05, 0.1) is 18.2 Å². The second-order valence-corrected chi connectivity index (χ2v) is 2.59. The normalized spacial score (nSPS) is 10.6. The Labute approximate surface area is 78.7 Å². The second-order valence-electron chi connectivity index (χ2n) is 2.59. The highest BCUT2D eigenvalue weighted by atomic mass is 19.3. The van der Waals surface area contributed by atoms with Gasteiger partial charge in [-0.1, -0.05) is 0 Å². The van der Waals surface area contributed by atoms with Gasteiger partial charge in [-0.15, -0.1) is 0 Å². The van der Waals surface area contributed by atoms with E-state index in [4.69, 9.17) is 10.5 Å². The molecule has 1 rings (SSSR count). The fraction of sp³-hybridized carbons (Fsp3) is 0.375. The lowest BCUT2D eigenvalue weighted by Crippen LogP contribution is -2.19. The summed E-state index contributed by atoms with van der Waals surface area (Å²) < 4.78 is 29.3. The maximum Gasteiger partial charge on any atom is 0.269 e. The molecule has 0 aliphatic carbocycles. The van der Waals surface area contributed by atoms with Crippen molar-refractivity contribution in [2.75, 3.05) is 7.11 Å². The maximum absolute atomic E-state index is 12.3. The van der Waals surface area contributed by atoms with E-state index in [0.717, 1.165) is 6.20 Å². The monoisotopic (exact) mass is 204 g/mol. The molecule has 0 atom stereocenters. The third-order valence-corrected chi connectivity index (χ3v) is 1.81. The van der Waals surface area contributed by atoms with E-state index in [-0.39, 0.29) is 18.0 Å². The lowest BCUT2D eigenvalue weighted by atomic mass is 10.2. The van der Waals surface area contributed by atoms with Crippen LogP contribution in [-0.2, 0) is 6.54 Å². The molecule has 0 unspecified atom stereocenters. The summed E-state index contributed by atoms with van der Waals surface area (Å²) in [5.41, 5.74) is 3.93. The zero-order valence-electron chi connectivity index (χ0n) is 7.51. The zero-order valence-corrected chi connectivity index (χ0v) is 7.51. The van der Waals surface area contributed by atoms with Crippen molar-refractivity contribution in [1.29, 1.82) is 0 Å². The SMILES string of the molecule is COc1[nH]cc(C(F)F)c(=O)c1CN. The highest BCUT2D eigenvalue weighted by Crippen LogP contribution is 2.17. The van der Waals surface area contributed by atoms with Crippen LogP contribution in [0.25, 0.3) is 0 Å². The lowest BCUT2D eigenvalue weighted by Gasteiger charge is -2.07. The van der Waals surface area contributed by atoms with Crippen molar-refractivity contribution >= 4 is 0 Å². The first-order chi connectivity index (χ1) is 6.61. The first-order valence-corrected chi connectivity index (χ1v) is 3.88. The predicted molar refractivity (Wildman–Crippen MR) is 46.5 cm³/mol. The van der Waals surface area contributed by atoms with Gasteiger partial charge in [-0.2, -0.15) is 0 Å². The van der Waals surface area contributed by atoms with Gasteiger partial charge in [0.2, 0.25) is 0 Å². The molecule has 14 heavy (non-hydrogen) atoms. The van der Waals surface area contributed by atoms with Crippen LogP contribution in [0.2, 0.25) is 0 Å². The number of aromatic amines is 1. The van der Waals surface area contributed by atoms with Gasteiger partial charge in [-0.25, -0.2) is 8.78 Å². The van der Waals surface area contributed by atoms with Crippen LogP contribution in [0.4, 0.5) is 8.78 Å². The van der Waals surface area contributed by atoms with Crippen molar-refractivity contribution in [3.63, 3.8) is 0 Å². The Morgan fingerprint density at radius 3 is 2.71 bits per heavy atom. The Morgan fingerprint density at radius 2 is 2.29 bits per heavy atom. The highest BCUT2D eigenvalue weighted by molar-refractivity contribution is 5.30. The van der Waals surface area contributed by atoms with Crippen molar-refractivity contribution in [3.05, 3.63) is 27.5 Å². The Balaban J connectivity index is 3.35. The van der Waals surface area contributed by atoms with E-state index in [1.165, 1.54) is 7.11 Å². The Hall–Kier alpha value is -1.43. The number of halogens is 2. The fourth-order valence-corrected chi connectivity index (χ4v) is 1.10. The zero-order chi connectivity index (χ0) is 10.7. The third kappa shape index (κ3) is 1.74. The van der Waals surface area contributed by atoms with E-state index in [1.54, 1.807) is 0 Å². The van der Waals surface area contributed by atoms with Gasteiger partial charge >= 0.3 is 0 Å². The number of pyridine rings is 1. The summed E-state index contributed by atoms with van der Waals surface area (Å²) in [6.45, 7) is -0.140. The highest BCUT2D eigenvalue weighted by Gasteiger charge is 2.17. The largest absolute Gasteiger partial charge is 0.482 e. The van der Waals surface area contributed by atoms with Gasteiger partial charge in [0.15, 0.2) is 11.3 Å². The first kappa shape index (κ1) is 10.6. The molecular formula is C8H10F2N2O2. The molecule has 0 aromatic carbocycles. The van der Waals surface area contributed by atoms with Crippen molar-refractivity contribution in [3.8, 4) is 5.88 Å². The third-order valence-electron chi connectivity index (χ3n) is 1.81. The number of hydrogen-bond donors (Lipinski definition) is 2. The molecule has 1 heterocycles. The number of ether oxygens (including phenoxy) is 1. The fourth-order valence-electron chi connectivity index (χ4n) is 1.10. The molecule has 0 saturated carbocycles. The summed E-state index contributed by atoms with van der Waals surface area (Å²) in [4.78, 5) is 13.8. The van der Waals surface area contributed by atoms with E-state index < -0.39 is 17.4 Å². The molecular weight excluding hydrogens is 194 g/mol. The molecule has 0 bridgehead atoms. The molecule has 6 heteroatoms. The average molecular weight is 204 g/mol. The van der Waals surface area contributed by atoms with Crippen LogP contribution in [0.5, 0.6) is 5.88 Å². The quantitative estimate of drug-likeness (QED) is 0.764. The van der Waals surface area contributed by atoms with Crippen LogP contribution >= 0.6 is 0 Å². The summed E-state index contributed by atoms with van der Waals surface area (Å²) in [6.07, 6.45) is -1.87. The van der Waals surface area contributed by atoms with Crippen LogP contribution in [0, 0.1) is 0 Å². The van der Waals surface area contributed by atoms with Crippen molar-refractivity contribution in [2.24, 2.45) is 5.73 Å². The number of H-pyrrole nitrogens is 1. The molecule has 0 radical (unpaired) electrons. The minimum atomic E-state index is -2.81. The molecule has 4 nitrogen and oxygen atoms in total. The van der Waals surface area contributed by atoms with E-state index >= 15 is 0 Å². The molecule has 0 spiro atoms. The van der Waals surface area contributed by atoms with Crippen LogP contribution in [-0.4, -0.2) is 12.1 Å². The van der Waals surface area contributed by atoms with E-state index in [0.29, 0.717) is 0 Å². The molecule has 78 valence electrons. The molecule has 0 saturated heterocycles. The molecule has 1 aromatic heterocycles.